The molecule has 0 aliphatic carbocycles. The van der Waals surface area contributed by atoms with E-state index in [1.165, 1.54) is 0 Å². The minimum Gasteiger partial charge on any atom is -0.384 e. The molecule has 0 radical (unpaired) electrons. The van der Waals surface area contributed by atoms with Crippen LogP contribution in [0.25, 0.3) is 0 Å². The van der Waals surface area contributed by atoms with Gasteiger partial charge in [0.05, 0.1) is 12.0 Å². The number of methoxy groups -OCH3 is 1. The van der Waals surface area contributed by atoms with Crippen LogP contribution in [0.15, 0.2) is 24.5 Å². The number of carbonyl (C=O) groups is 1. The molecule has 110 valence electrons. The van der Waals surface area contributed by atoms with Crippen molar-refractivity contribution in [1.82, 2.24) is 15.2 Å². The molecule has 1 aliphatic rings. The Morgan fingerprint density at radius 3 is 2.80 bits per heavy atom. The lowest BCUT2D eigenvalue weighted by atomic mass is 9.86. The van der Waals surface area contributed by atoms with Gasteiger partial charge in [-0.15, -0.1) is 0 Å². The van der Waals surface area contributed by atoms with Crippen molar-refractivity contribution in [1.29, 1.82) is 0 Å². The van der Waals surface area contributed by atoms with E-state index in [1.807, 2.05) is 24.0 Å². The number of aromatic nitrogens is 1. The highest BCUT2D eigenvalue weighted by molar-refractivity contribution is 5.83. The zero-order valence-corrected chi connectivity index (χ0v) is 12.3. The molecule has 1 N–H and O–H groups in total. The Morgan fingerprint density at radius 1 is 1.50 bits per heavy atom. The van der Waals surface area contributed by atoms with E-state index in [0.717, 1.165) is 18.5 Å². The first-order valence-electron chi connectivity index (χ1n) is 7.10. The number of carbonyl (C=O) groups excluding carboxylic acids is 1. The number of pyridine rings is 1. The van der Waals surface area contributed by atoms with Crippen molar-refractivity contribution < 1.29 is 9.53 Å². The van der Waals surface area contributed by atoms with Crippen LogP contribution in [-0.4, -0.2) is 49.1 Å². The molecule has 1 fully saturated rings. The number of ether oxygens (including phenoxy) is 1. The fraction of sp³-hybridized carbons (Fsp3) is 0.600. The standard InChI is InChI=1S/C15H23N3O2/c1-3-18(10-13-4-7-16-8-5-13)14(19)15(12-20-2)6-9-17-11-15/h4-5,7-8,17H,3,6,9-12H2,1-2H3. The first-order chi connectivity index (χ1) is 9.72. The Balaban J connectivity index is 2.11. The molecule has 1 unspecified atom stereocenters. The summed E-state index contributed by atoms with van der Waals surface area (Å²) in [5, 5.41) is 3.28. The summed E-state index contributed by atoms with van der Waals surface area (Å²) in [5.74, 6) is 0.184. The maximum Gasteiger partial charge on any atom is 0.232 e. The van der Waals surface area contributed by atoms with Crippen LogP contribution < -0.4 is 5.32 Å². The molecule has 0 spiro atoms. The average molecular weight is 277 g/mol. The van der Waals surface area contributed by atoms with E-state index in [1.54, 1.807) is 19.5 Å². The van der Waals surface area contributed by atoms with E-state index in [9.17, 15) is 4.79 Å². The molecule has 5 heteroatoms. The van der Waals surface area contributed by atoms with Crippen LogP contribution in [0.4, 0.5) is 0 Å². The van der Waals surface area contributed by atoms with Gasteiger partial charge in [-0.1, -0.05) is 0 Å². The third-order valence-corrected chi connectivity index (χ3v) is 3.91. The number of hydrogen-bond acceptors (Lipinski definition) is 4. The largest absolute Gasteiger partial charge is 0.384 e. The maximum absolute atomic E-state index is 12.9. The van der Waals surface area contributed by atoms with Gasteiger partial charge in [0.15, 0.2) is 0 Å². The van der Waals surface area contributed by atoms with Crippen LogP contribution in [0, 0.1) is 5.41 Å². The third-order valence-electron chi connectivity index (χ3n) is 3.91. The van der Waals surface area contributed by atoms with Crippen molar-refractivity contribution in [2.75, 3.05) is 33.4 Å². The highest BCUT2D eigenvalue weighted by atomic mass is 16.5. The van der Waals surface area contributed by atoms with E-state index in [2.05, 4.69) is 10.3 Å². The zero-order chi connectivity index (χ0) is 14.4. The topological polar surface area (TPSA) is 54.5 Å². The molecule has 1 aliphatic heterocycles. The van der Waals surface area contributed by atoms with Gasteiger partial charge in [-0.25, -0.2) is 0 Å². The molecule has 0 bridgehead atoms. The Hall–Kier alpha value is -1.46. The Kier molecular flexibility index (Phi) is 5.09. The molecular weight excluding hydrogens is 254 g/mol. The van der Waals surface area contributed by atoms with E-state index in [-0.39, 0.29) is 5.91 Å². The second kappa shape index (κ2) is 6.81. The van der Waals surface area contributed by atoms with Crippen molar-refractivity contribution in [3.63, 3.8) is 0 Å². The van der Waals surface area contributed by atoms with Crippen LogP contribution in [0.5, 0.6) is 0 Å². The Labute approximate surface area is 120 Å². The van der Waals surface area contributed by atoms with Crippen LogP contribution in [0.1, 0.15) is 18.9 Å². The minimum absolute atomic E-state index is 0.184. The summed E-state index contributed by atoms with van der Waals surface area (Å²) in [6, 6.07) is 3.90. The minimum atomic E-state index is -0.405. The van der Waals surface area contributed by atoms with Crippen LogP contribution in [-0.2, 0) is 16.1 Å². The summed E-state index contributed by atoms with van der Waals surface area (Å²) in [5.41, 5.74) is 0.700. The third kappa shape index (κ3) is 3.16. The van der Waals surface area contributed by atoms with E-state index in [4.69, 9.17) is 4.74 Å². The normalized spacial score (nSPS) is 21.9. The molecule has 0 aromatic carbocycles. The first kappa shape index (κ1) is 14.9. The van der Waals surface area contributed by atoms with Gasteiger partial charge in [-0.05, 0) is 37.6 Å². The summed E-state index contributed by atoms with van der Waals surface area (Å²) in [6.07, 6.45) is 4.36. The second-order valence-corrected chi connectivity index (χ2v) is 5.31. The van der Waals surface area contributed by atoms with Gasteiger partial charge in [0.1, 0.15) is 0 Å². The number of rotatable bonds is 6. The zero-order valence-electron chi connectivity index (χ0n) is 12.3. The van der Waals surface area contributed by atoms with E-state index >= 15 is 0 Å². The molecule has 20 heavy (non-hydrogen) atoms. The van der Waals surface area contributed by atoms with Gasteiger partial charge in [-0.3, -0.25) is 9.78 Å². The maximum atomic E-state index is 12.9. The SMILES string of the molecule is CCN(Cc1ccncc1)C(=O)C1(COC)CCNC1. The van der Waals surface area contributed by atoms with Gasteiger partial charge in [0.25, 0.3) is 0 Å². The highest BCUT2D eigenvalue weighted by Gasteiger charge is 2.43. The van der Waals surface area contributed by atoms with Gasteiger partial charge in [0, 0.05) is 39.1 Å². The summed E-state index contributed by atoms with van der Waals surface area (Å²) in [7, 11) is 1.66. The van der Waals surface area contributed by atoms with Gasteiger partial charge < -0.3 is 15.0 Å². The van der Waals surface area contributed by atoms with Crippen LogP contribution in [0.3, 0.4) is 0 Å². The number of hydrogen-bond donors (Lipinski definition) is 1. The predicted octanol–water partition coefficient (Wildman–Crippen LogP) is 1.06. The van der Waals surface area contributed by atoms with E-state index in [0.29, 0.717) is 26.2 Å². The summed E-state index contributed by atoms with van der Waals surface area (Å²) in [6.45, 7) is 5.40. The quantitative estimate of drug-likeness (QED) is 0.844. The monoisotopic (exact) mass is 277 g/mol. The van der Waals surface area contributed by atoms with Crippen molar-refractivity contribution in [2.45, 2.75) is 19.9 Å². The fourth-order valence-corrected chi connectivity index (χ4v) is 2.76. The molecule has 0 saturated carbocycles. The molecule has 2 rings (SSSR count). The highest BCUT2D eigenvalue weighted by Crippen LogP contribution is 2.29. The lowest BCUT2D eigenvalue weighted by Crippen LogP contribution is -2.47. The summed E-state index contributed by atoms with van der Waals surface area (Å²) >= 11 is 0. The van der Waals surface area contributed by atoms with Gasteiger partial charge in [-0.2, -0.15) is 0 Å². The van der Waals surface area contributed by atoms with Crippen molar-refractivity contribution >= 4 is 5.91 Å². The van der Waals surface area contributed by atoms with Gasteiger partial charge >= 0.3 is 0 Å². The number of nitrogens with one attached hydrogen (secondary N) is 1. The van der Waals surface area contributed by atoms with Crippen molar-refractivity contribution in [3.05, 3.63) is 30.1 Å². The summed E-state index contributed by atoms with van der Waals surface area (Å²) < 4.78 is 5.30. The number of amides is 1. The van der Waals surface area contributed by atoms with Crippen molar-refractivity contribution in [2.24, 2.45) is 5.41 Å². The van der Waals surface area contributed by atoms with Crippen molar-refractivity contribution in [3.8, 4) is 0 Å². The molecular formula is C15H23N3O2. The van der Waals surface area contributed by atoms with Crippen LogP contribution in [0.2, 0.25) is 0 Å². The Bertz CT molecular complexity index is 430. The van der Waals surface area contributed by atoms with E-state index < -0.39 is 5.41 Å². The molecule has 1 aromatic rings. The average Bonchev–Trinajstić information content (AvgIpc) is 2.95. The fourth-order valence-electron chi connectivity index (χ4n) is 2.76. The Morgan fingerprint density at radius 2 is 2.25 bits per heavy atom. The molecule has 1 amide bonds. The summed E-state index contributed by atoms with van der Waals surface area (Å²) in [4.78, 5) is 18.8. The predicted molar refractivity (Wildman–Crippen MR) is 77.1 cm³/mol. The smallest absolute Gasteiger partial charge is 0.232 e. The molecule has 2 heterocycles. The molecule has 5 nitrogen and oxygen atoms in total. The van der Waals surface area contributed by atoms with Crippen LogP contribution >= 0.6 is 0 Å². The number of nitrogens with zero attached hydrogens (tertiary/aromatic N) is 2. The molecule has 1 saturated heterocycles. The molecule has 1 atom stereocenters. The lowest BCUT2D eigenvalue weighted by molar-refractivity contribution is -0.144. The van der Waals surface area contributed by atoms with Gasteiger partial charge in [0.2, 0.25) is 5.91 Å². The first-order valence-corrected chi connectivity index (χ1v) is 7.10. The lowest BCUT2D eigenvalue weighted by Gasteiger charge is -2.33. The second-order valence-electron chi connectivity index (χ2n) is 5.31. The molecule has 1 aromatic heterocycles.